The SMILES string of the molecule is Cc1cccnc1[C@@H]1CCC[C@H](Nc2ccc(NS(C)(=O)=O)cc2)C1. The molecule has 134 valence electrons. The fourth-order valence-electron chi connectivity index (χ4n) is 3.58. The molecule has 2 atom stereocenters. The average Bonchev–Trinajstić information content (AvgIpc) is 2.56. The van der Waals surface area contributed by atoms with Crippen LogP contribution in [0.15, 0.2) is 42.6 Å². The van der Waals surface area contributed by atoms with E-state index in [-0.39, 0.29) is 0 Å². The van der Waals surface area contributed by atoms with Gasteiger partial charge in [-0.05, 0) is 62.1 Å². The molecule has 3 rings (SSSR count). The van der Waals surface area contributed by atoms with E-state index in [1.165, 1.54) is 24.1 Å². The first kappa shape index (κ1) is 17.7. The zero-order valence-electron chi connectivity index (χ0n) is 14.7. The molecule has 25 heavy (non-hydrogen) atoms. The molecule has 0 unspecified atom stereocenters. The van der Waals surface area contributed by atoms with E-state index < -0.39 is 10.0 Å². The predicted octanol–water partition coefficient (Wildman–Crippen LogP) is 3.90. The molecule has 0 amide bonds. The van der Waals surface area contributed by atoms with E-state index in [0.717, 1.165) is 24.8 Å². The van der Waals surface area contributed by atoms with Crippen LogP contribution in [-0.4, -0.2) is 25.7 Å². The van der Waals surface area contributed by atoms with Gasteiger partial charge in [0.05, 0.1) is 6.26 Å². The van der Waals surface area contributed by atoms with Gasteiger partial charge in [-0.15, -0.1) is 0 Å². The molecule has 1 aliphatic rings. The molecule has 0 saturated heterocycles. The van der Waals surface area contributed by atoms with E-state index in [2.05, 4.69) is 28.0 Å². The van der Waals surface area contributed by atoms with Crippen LogP contribution in [0.25, 0.3) is 0 Å². The summed E-state index contributed by atoms with van der Waals surface area (Å²) in [5.74, 6) is 0.499. The highest BCUT2D eigenvalue weighted by Gasteiger charge is 2.25. The number of nitrogens with one attached hydrogen (secondary N) is 2. The summed E-state index contributed by atoms with van der Waals surface area (Å²) in [5.41, 5.74) is 4.09. The van der Waals surface area contributed by atoms with Crippen molar-refractivity contribution >= 4 is 21.4 Å². The molecule has 1 aromatic heterocycles. The summed E-state index contributed by atoms with van der Waals surface area (Å²) in [7, 11) is -3.24. The molecule has 1 aliphatic carbocycles. The van der Waals surface area contributed by atoms with Crippen LogP contribution in [-0.2, 0) is 10.0 Å². The molecule has 0 bridgehead atoms. The highest BCUT2D eigenvalue weighted by Crippen LogP contribution is 2.34. The van der Waals surface area contributed by atoms with Crippen LogP contribution in [0.2, 0.25) is 0 Å². The molecule has 5 nitrogen and oxygen atoms in total. The van der Waals surface area contributed by atoms with Gasteiger partial charge >= 0.3 is 0 Å². The Labute approximate surface area is 149 Å². The molecule has 0 aliphatic heterocycles. The Balaban J connectivity index is 1.64. The van der Waals surface area contributed by atoms with Gasteiger partial charge in [-0.1, -0.05) is 12.5 Å². The number of rotatable bonds is 5. The number of benzene rings is 1. The molecule has 2 N–H and O–H groups in total. The Hall–Kier alpha value is -2.08. The molecule has 6 heteroatoms. The fraction of sp³-hybridized carbons (Fsp3) is 0.421. The van der Waals surface area contributed by atoms with Crippen LogP contribution in [0.5, 0.6) is 0 Å². The maximum absolute atomic E-state index is 11.3. The third kappa shape index (κ3) is 4.95. The minimum absolute atomic E-state index is 0.411. The van der Waals surface area contributed by atoms with E-state index >= 15 is 0 Å². The number of nitrogens with zero attached hydrogens (tertiary/aromatic N) is 1. The quantitative estimate of drug-likeness (QED) is 0.849. The first-order chi connectivity index (χ1) is 11.9. The van der Waals surface area contributed by atoms with Gasteiger partial charge in [0, 0.05) is 35.2 Å². The molecular formula is C19H25N3O2S. The number of aromatic nitrogens is 1. The number of pyridine rings is 1. The van der Waals surface area contributed by atoms with Crippen molar-refractivity contribution < 1.29 is 8.42 Å². The lowest BCUT2D eigenvalue weighted by molar-refractivity contribution is 0.404. The molecule has 0 radical (unpaired) electrons. The summed E-state index contributed by atoms with van der Waals surface area (Å²) in [6.07, 6.45) is 7.63. The Bertz CT molecular complexity index is 819. The third-order valence-corrected chi connectivity index (χ3v) is 5.28. The lowest BCUT2D eigenvalue weighted by atomic mass is 9.82. The van der Waals surface area contributed by atoms with Crippen molar-refractivity contribution in [2.24, 2.45) is 0 Å². The maximum atomic E-state index is 11.3. The predicted molar refractivity (Wildman–Crippen MR) is 103 cm³/mol. The van der Waals surface area contributed by atoms with Crippen molar-refractivity contribution in [2.45, 2.75) is 44.6 Å². The van der Waals surface area contributed by atoms with Gasteiger partial charge in [-0.3, -0.25) is 9.71 Å². The van der Waals surface area contributed by atoms with Gasteiger partial charge in [0.1, 0.15) is 0 Å². The fourth-order valence-corrected chi connectivity index (χ4v) is 4.14. The van der Waals surface area contributed by atoms with Crippen LogP contribution in [0.3, 0.4) is 0 Å². The van der Waals surface area contributed by atoms with Gasteiger partial charge < -0.3 is 5.32 Å². The summed E-state index contributed by atoms with van der Waals surface area (Å²) in [6.45, 7) is 2.13. The zero-order chi connectivity index (χ0) is 17.9. The minimum Gasteiger partial charge on any atom is -0.382 e. The van der Waals surface area contributed by atoms with Gasteiger partial charge in [0.15, 0.2) is 0 Å². The number of hydrogen-bond acceptors (Lipinski definition) is 4. The Kier molecular flexibility index (Phi) is 5.27. The van der Waals surface area contributed by atoms with Crippen molar-refractivity contribution in [1.29, 1.82) is 0 Å². The number of anilines is 2. The summed E-state index contributed by atoms with van der Waals surface area (Å²) in [5, 5.41) is 3.59. The van der Waals surface area contributed by atoms with Gasteiger partial charge in [0.25, 0.3) is 0 Å². The second-order valence-corrected chi connectivity index (χ2v) is 8.61. The molecule has 1 aromatic carbocycles. The van der Waals surface area contributed by atoms with Crippen molar-refractivity contribution in [2.75, 3.05) is 16.3 Å². The highest BCUT2D eigenvalue weighted by atomic mass is 32.2. The first-order valence-corrected chi connectivity index (χ1v) is 10.6. The molecule has 1 saturated carbocycles. The molecule has 0 spiro atoms. The van der Waals surface area contributed by atoms with Crippen molar-refractivity contribution in [3.8, 4) is 0 Å². The average molecular weight is 359 g/mol. The van der Waals surface area contributed by atoms with Gasteiger partial charge in [-0.2, -0.15) is 0 Å². The van der Waals surface area contributed by atoms with Gasteiger partial charge in [0.2, 0.25) is 10.0 Å². The summed E-state index contributed by atoms with van der Waals surface area (Å²) in [4.78, 5) is 4.60. The summed E-state index contributed by atoms with van der Waals surface area (Å²) >= 11 is 0. The van der Waals surface area contributed by atoms with Crippen molar-refractivity contribution in [1.82, 2.24) is 4.98 Å². The lowest BCUT2D eigenvalue weighted by Gasteiger charge is -2.31. The summed E-state index contributed by atoms with van der Waals surface area (Å²) < 4.78 is 25.0. The number of aryl methyl sites for hydroxylation is 1. The van der Waals surface area contributed by atoms with Gasteiger partial charge in [-0.25, -0.2) is 8.42 Å². The standard InChI is InChI=1S/C19H25N3O2S/c1-14-5-4-12-20-19(14)15-6-3-7-18(13-15)21-16-8-10-17(11-9-16)22-25(2,23)24/h4-5,8-12,15,18,21-22H,3,6-7,13H2,1-2H3/t15-,18+/m1/s1. The molecule has 2 aromatic rings. The monoisotopic (exact) mass is 359 g/mol. The minimum atomic E-state index is -3.24. The molecule has 1 fully saturated rings. The first-order valence-electron chi connectivity index (χ1n) is 8.66. The normalized spacial score (nSPS) is 20.9. The van der Waals surface area contributed by atoms with Crippen molar-refractivity contribution in [3.05, 3.63) is 53.9 Å². The Morgan fingerprint density at radius 3 is 2.48 bits per heavy atom. The van der Waals surface area contributed by atoms with E-state index in [1.54, 1.807) is 12.1 Å². The Morgan fingerprint density at radius 2 is 1.80 bits per heavy atom. The largest absolute Gasteiger partial charge is 0.382 e. The van der Waals surface area contributed by atoms with Crippen LogP contribution in [0.1, 0.15) is 42.9 Å². The second-order valence-electron chi connectivity index (χ2n) is 6.86. The van der Waals surface area contributed by atoms with E-state index in [4.69, 9.17) is 0 Å². The zero-order valence-corrected chi connectivity index (χ0v) is 15.5. The molecular weight excluding hydrogens is 334 g/mol. The van der Waals surface area contributed by atoms with Crippen LogP contribution < -0.4 is 10.0 Å². The molecule has 1 heterocycles. The number of sulfonamides is 1. The van der Waals surface area contributed by atoms with Crippen LogP contribution in [0, 0.1) is 6.92 Å². The van der Waals surface area contributed by atoms with Crippen molar-refractivity contribution in [3.63, 3.8) is 0 Å². The second kappa shape index (κ2) is 7.44. The highest BCUT2D eigenvalue weighted by molar-refractivity contribution is 7.92. The number of hydrogen-bond donors (Lipinski definition) is 2. The van der Waals surface area contributed by atoms with E-state index in [9.17, 15) is 8.42 Å². The topological polar surface area (TPSA) is 71.1 Å². The maximum Gasteiger partial charge on any atom is 0.229 e. The smallest absolute Gasteiger partial charge is 0.229 e. The van der Waals surface area contributed by atoms with E-state index in [1.807, 2.05) is 24.4 Å². The third-order valence-electron chi connectivity index (χ3n) is 4.67. The Morgan fingerprint density at radius 1 is 1.08 bits per heavy atom. The van der Waals surface area contributed by atoms with Crippen LogP contribution >= 0.6 is 0 Å². The van der Waals surface area contributed by atoms with Crippen LogP contribution in [0.4, 0.5) is 11.4 Å². The summed E-state index contributed by atoms with van der Waals surface area (Å²) in [6, 6.07) is 11.9. The lowest BCUT2D eigenvalue weighted by Crippen LogP contribution is -2.27. The van der Waals surface area contributed by atoms with E-state index in [0.29, 0.717) is 17.6 Å².